The summed E-state index contributed by atoms with van der Waals surface area (Å²) in [4.78, 5) is 5.60. The van der Waals surface area contributed by atoms with Gasteiger partial charge in [-0.1, -0.05) is 174 Å². The van der Waals surface area contributed by atoms with E-state index in [1.807, 2.05) is 0 Å². The molecule has 0 aliphatic rings. The standard InChI is InChI=1S/C55H54N2OSi2/c1-33(2)46-29-39(38-26-40(59(5,6)7)31-41(27-38)60(8,9)10)30-47(34(3)4)52(46)57-53-43-19-14-12-17-36(43)24-25-50(53)56-55(57)45-21-15-20-44-49-28-37-23-22-35-16-11-13-18-42(35)48(37)32-51(49)58-54(44)45/h11-34H,1-10H3. The van der Waals surface area contributed by atoms with E-state index in [1.165, 1.54) is 70.6 Å². The largest absolute Gasteiger partial charge is 0.455 e. The summed E-state index contributed by atoms with van der Waals surface area (Å²) in [6.45, 7) is 24.3. The van der Waals surface area contributed by atoms with Crippen LogP contribution < -0.4 is 10.4 Å². The van der Waals surface area contributed by atoms with Gasteiger partial charge < -0.3 is 4.42 Å². The number of nitrogens with zero attached hydrogens (tertiary/aromatic N) is 2. The molecular weight excluding hydrogens is 761 g/mol. The first-order valence-corrected chi connectivity index (χ1v) is 28.7. The Hall–Kier alpha value is -5.76. The number of rotatable bonds is 7. The molecule has 8 aromatic carbocycles. The van der Waals surface area contributed by atoms with Gasteiger partial charge in [0.05, 0.1) is 38.4 Å². The Kier molecular flexibility index (Phi) is 8.91. The number of imidazole rings is 1. The van der Waals surface area contributed by atoms with Crippen molar-refractivity contribution in [2.45, 2.75) is 78.8 Å². The van der Waals surface area contributed by atoms with Gasteiger partial charge in [0.1, 0.15) is 17.0 Å². The van der Waals surface area contributed by atoms with E-state index in [4.69, 9.17) is 9.40 Å². The summed E-state index contributed by atoms with van der Waals surface area (Å²) in [5.41, 5.74) is 11.4. The minimum Gasteiger partial charge on any atom is -0.455 e. The first-order valence-electron chi connectivity index (χ1n) is 21.7. The molecule has 0 bridgehead atoms. The molecule has 0 aliphatic heterocycles. The van der Waals surface area contributed by atoms with Crippen LogP contribution in [0.25, 0.3) is 93.5 Å². The minimum absolute atomic E-state index is 0.249. The molecule has 2 aromatic heterocycles. The molecule has 0 amide bonds. The first-order chi connectivity index (χ1) is 28.7. The summed E-state index contributed by atoms with van der Waals surface area (Å²) in [7, 11) is -3.19. The van der Waals surface area contributed by atoms with Crippen LogP contribution in [0.15, 0.2) is 138 Å². The second kappa shape index (κ2) is 13.9. The van der Waals surface area contributed by atoms with Gasteiger partial charge in [-0.15, -0.1) is 0 Å². The number of fused-ring (bicyclic) bond motifs is 9. The monoisotopic (exact) mass is 814 g/mol. The number of furan rings is 1. The van der Waals surface area contributed by atoms with Crippen molar-refractivity contribution >= 4 is 91.8 Å². The van der Waals surface area contributed by atoms with Crippen molar-refractivity contribution in [2.75, 3.05) is 0 Å². The van der Waals surface area contributed by atoms with E-state index >= 15 is 0 Å². The van der Waals surface area contributed by atoms with E-state index in [2.05, 4.69) is 205 Å². The fourth-order valence-corrected chi connectivity index (χ4v) is 11.9. The second-order valence-corrected chi connectivity index (χ2v) is 29.8. The Balaban J connectivity index is 1.30. The van der Waals surface area contributed by atoms with Crippen LogP contribution in [0.4, 0.5) is 0 Å². The molecule has 298 valence electrons. The Morgan fingerprint density at radius 2 is 1.07 bits per heavy atom. The molecule has 0 aliphatic carbocycles. The normalized spacial score (nSPS) is 12.8. The zero-order valence-corrected chi connectivity index (χ0v) is 38.7. The zero-order chi connectivity index (χ0) is 41.8. The molecular formula is C55H54N2OSi2. The van der Waals surface area contributed by atoms with E-state index in [0.29, 0.717) is 0 Å². The molecule has 60 heavy (non-hydrogen) atoms. The van der Waals surface area contributed by atoms with Crippen LogP contribution in [-0.4, -0.2) is 25.7 Å². The summed E-state index contributed by atoms with van der Waals surface area (Å²) in [5, 5.41) is 12.6. The lowest BCUT2D eigenvalue weighted by atomic mass is 9.88. The number of aromatic nitrogens is 2. The van der Waals surface area contributed by atoms with E-state index in [1.54, 1.807) is 0 Å². The van der Waals surface area contributed by atoms with Crippen molar-refractivity contribution in [3.05, 3.63) is 145 Å². The van der Waals surface area contributed by atoms with Gasteiger partial charge in [0, 0.05) is 16.2 Å². The van der Waals surface area contributed by atoms with Crippen molar-refractivity contribution in [1.29, 1.82) is 0 Å². The third-order valence-corrected chi connectivity index (χ3v) is 16.8. The van der Waals surface area contributed by atoms with Gasteiger partial charge in [0.15, 0.2) is 0 Å². The first kappa shape index (κ1) is 38.4. The van der Waals surface area contributed by atoms with E-state index in [9.17, 15) is 0 Å². The number of hydrogen-bond acceptors (Lipinski definition) is 2. The molecule has 0 saturated carbocycles. The zero-order valence-electron chi connectivity index (χ0n) is 36.7. The highest BCUT2D eigenvalue weighted by atomic mass is 28.3. The van der Waals surface area contributed by atoms with Gasteiger partial charge in [-0.3, -0.25) is 4.57 Å². The number of para-hydroxylation sites is 1. The third-order valence-electron chi connectivity index (χ3n) is 12.8. The molecule has 10 aromatic rings. The summed E-state index contributed by atoms with van der Waals surface area (Å²) in [6, 6.07) is 50.0. The van der Waals surface area contributed by atoms with Crippen molar-refractivity contribution < 1.29 is 4.42 Å². The summed E-state index contributed by atoms with van der Waals surface area (Å²) in [6.07, 6.45) is 0. The Morgan fingerprint density at radius 1 is 0.500 bits per heavy atom. The maximum atomic E-state index is 7.03. The fourth-order valence-electron chi connectivity index (χ4n) is 9.36. The van der Waals surface area contributed by atoms with Gasteiger partial charge in [-0.2, -0.15) is 0 Å². The lowest BCUT2D eigenvalue weighted by Crippen LogP contribution is -2.45. The van der Waals surface area contributed by atoms with Gasteiger partial charge in [-0.05, 0) is 97.4 Å². The van der Waals surface area contributed by atoms with E-state index in [-0.39, 0.29) is 11.8 Å². The van der Waals surface area contributed by atoms with Crippen LogP contribution in [0.3, 0.4) is 0 Å². The SMILES string of the molecule is CC(C)c1cc(-c2cc([Si](C)(C)C)cc([Si](C)(C)C)c2)cc(C(C)C)c1-n1c(-c2cccc3c2oc2cc4c(ccc5ccccc54)cc23)nc2ccc3ccccc3c21. The quantitative estimate of drug-likeness (QED) is 0.119. The second-order valence-electron chi connectivity index (χ2n) is 19.7. The average molecular weight is 815 g/mol. The maximum absolute atomic E-state index is 7.03. The predicted octanol–water partition coefficient (Wildman–Crippen LogP) is 15.1. The smallest absolute Gasteiger partial charge is 0.149 e. The molecule has 0 unspecified atom stereocenters. The lowest BCUT2D eigenvalue weighted by molar-refractivity contribution is 0.670. The van der Waals surface area contributed by atoms with Crippen LogP contribution in [0, 0.1) is 0 Å². The highest BCUT2D eigenvalue weighted by Gasteiger charge is 2.28. The topological polar surface area (TPSA) is 31.0 Å². The van der Waals surface area contributed by atoms with Gasteiger partial charge >= 0.3 is 0 Å². The van der Waals surface area contributed by atoms with Gasteiger partial charge in [-0.25, -0.2) is 4.98 Å². The van der Waals surface area contributed by atoms with Crippen LogP contribution in [0.1, 0.15) is 50.7 Å². The van der Waals surface area contributed by atoms with E-state index < -0.39 is 16.1 Å². The van der Waals surface area contributed by atoms with Crippen LogP contribution in [-0.2, 0) is 0 Å². The Morgan fingerprint density at radius 3 is 1.72 bits per heavy atom. The lowest BCUT2D eigenvalue weighted by Gasteiger charge is -2.27. The molecule has 0 fully saturated rings. The maximum Gasteiger partial charge on any atom is 0.149 e. The Bertz CT molecular complexity index is 3290. The number of benzene rings is 8. The van der Waals surface area contributed by atoms with Crippen LogP contribution in [0.5, 0.6) is 0 Å². The minimum atomic E-state index is -1.60. The number of hydrogen-bond donors (Lipinski definition) is 0. The molecule has 0 saturated heterocycles. The highest BCUT2D eigenvalue weighted by molar-refractivity contribution is 6.91. The van der Waals surface area contributed by atoms with Gasteiger partial charge in [0.2, 0.25) is 0 Å². The molecule has 0 atom stereocenters. The molecule has 2 heterocycles. The van der Waals surface area contributed by atoms with E-state index in [0.717, 1.165) is 44.4 Å². The molecule has 0 radical (unpaired) electrons. The third kappa shape index (κ3) is 6.24. The Labute approximate surface area is 355 Å². The van der Waals surface area contributed by atoms with Crippen molar-refractivity contribution in [3.8, 4) is 28.2 Å². The molecule has 0 spiro atoms. The highest BCUT2D eigenvalue weighted by Crippen LogP contribution is 2.44. The van der Waals surface area contributed by atoms with Crippen molar-refractivity contribution in [3.63, 3.8) is 0 Å². The molecule has 3 nitrogen and oxygen atoms in total. The molecule has 10 rings (SSSR count). The summed E-state index contributed by atoms with van der Waals surface area (Å²) < 4.78 is 9.54. The van der Waals surface area contributed by atoms with Crippen LogP contribution in [0.2, 0.25) is 39.3 Å². The molecule has 0 N–H and O–H groups in total. The van der Waals surface area contributed by atoms with Gasteiger partial charge in [0.25, 0.3) is 0 Å². The predicted molar refractivity (Wildman–Crippen MR) is 266 cm³/mol. The average Bonchev–Trinajstić information content (AvgIpc) is 3.80. The van der Waals surface area contributed by atoms with Crippen molar-refractivity contribution in [2.24, 2.45) is 0 Å². The summed E-state index contributed by atoms with van der Waals surface area (Å²) >= 11 is 0. The molecule has 5 heteroatoms. The van der Waals surface area contributed by atoms with Crippen molar-refractivity contribution in [1.82, 2.24) is 9.55 Å². The summed E-state index contributed by atoms with van der Waals surface area (Å²) in [5.74, 6) is 1.40. The van der Waals surface area contributed by atoms with Crippen LogP contribution >= 0.6 is 0 Å². The fraction of sp³-hybridized carbons (Fsp3) is 0.218.